The van der Waals surface area contributed by atoms with E-state index in [4.69, 9.17) is 5.73 Å². The number of nitrogens with two attached hydrogens (primary N) is 1. The van der Waals surface area contributed by atoms with Gasteiger partial charge in [0.25, 0.3) is 0 Å². The summed E-state index contributed by atoms with van der Waals surface area (Å²) in [5.74, 6) is -2.92. The molecule has 1 amide bonds. The third-order valence-corrected chi connectivity index (χ3v) is 7.02. The molecule has 8 heteroatoms. The van der Waals surface area contributed by atoms with Crippen LogP contribution in [0.2, 0.25) is 0 Å². The van der Waals surface area contributed by atoms with Crippen LogP contribution in [-0.4, -0.2) is 45.8 Å². The van der Waals surface area contributed by atoms with Crippen molar-refractivity contribution in [1.29, 1.82) is 0 Å². The Kier molecular flexibility index (Phi) is 11.3. The van der Waals surface area contributed by atoms with Gasteiger partial charge in [0.15, 0.2) is 0 Å². The summed E-state index contributed by atoms with van der Waals surface area (Å²) < 4.78 is 0. The number of rotatable bonds is 16. The van der Waals surface area contributed by atoms with Crippen LogP contribution in [-0.2, 0) is 20.8 Å². The Balaban J connectivity index is 1.99. The maximum atomic E-state index is 13.3. The molecule has 1 aliphatic rings. The van der Waals surface area contributed by atoms with Crippen LogP contribution in [0.25, 0.3) is 0 Å². The number of carbonyl (C=O) groups excluding carboxylic acids is 1. The molecular weight excluding hydrogens is 436 g/mol. The quantitative estimate of drug-likeness (QED) is 0.227. The third-order valence-electron chi connectivity index (χ3n) is 7.02. The van der Waals surface area contributed by atoms with Gasteiger partial charge in [0.1, 0.15) is 11.8 Å². The molecule has 0 saturated heterocycles. The largest absolute Gasteiger partial charge is 0.508 e. The van der Waals surface area contributed by atoms with Crippen molar-refractivity contribution in [1.82, 2.24) is 5.32 Å². The van der Waals surface area contributed by atoms with Crippen LogP contribution in [0.15, 0.2) is 24.3 Å². The number of carboxylic acids is 2. The zero-order chi connectivity index (χ0) is 25.0. The highest BCUT2D eigenvalue weighted by molar-refractivity contribution is 5.88. The predicted molar refractivity (Wildman–Crippen MR) is 129 cm³/mol. The predicted octanol–water partition coefficient (Wildman–Crippen LogP) is 3.84. The first-order chi connectivity index (χ1) is 16.3. The number of unbranched alkanes of at least 4 members (excludes halogenated alkanes) is 5. The van der Waals surface area contributed by atoms with Gasteiger partial charge in [-0.1, -0.05) is 57.1 Å². The number of carboxylic acid groups (broad SMARTS) is 2. The number of aliphatic carboxylic acids is 2. The van der Waals surface area contributed by atoms with E-state index >= 15 is 0 Å². The van der Waals surface area contributed by atoms with Crippen LogP contribution in [0.3, 0.4) is 0 Å². The van der Waals surface area contributed by atoms with Crippen LogP contribution in [0.1, 0.15) is 82.6 Å². The Labute approximate surface area is 201 Å². The second kappa shape index (κ2) is 13.9. The molecule has 0 unspecified atom stereocenters. The first-order valence-electron chi connectivity index (χ1n) is 12.5. The standard InChI is InChI=1S/C26H40N2O6/c27-16-8-4-2-1-3-5-9-20(23(30)31)18-26(14-6-7-15-26)25(34)28-22(24(32)33)17-19-10-12-21(29)13-11-19/h10-13,20,22,29H,1-9,14-18,27H2,(H,28,34)(H,30,31)(H,32,33)/t20-,22-/m0/s1. The Hall–Kier alpha value is -2.61. The molecule has 1 aliphatic carbocycles. The number of benzene rings is 1. The molecule has 0 aliphatic heterocycles. The summed E-state index contributed by atoms with van der Waals surface area (Å²) in [7, 11) is 0. The molecule has 0 heterocycles. The average Bonchev–Trinajstić information content (AvgIpc) is 3.28. The third kappa shape index (κ3) is 8.63. The van der Waals surface area contributed by atoms with Crippen molar-refractivity contribution >= 4 is 17.8 Å². The molecule has 34 heavy (non-hydrogen) atoms. The highest BCUT2D eigenvalue weighted by Gasteiger charge is 2.45. The highest BCUT2D eigenvalue weighted by Crippen LogP contribution is 2.44. The summed E-state index contributed by atoms with van der Waals surface area (Å²) in [5.41, 5.74) is 5.35. The van der Waals surface area contributed by atoms with E-state index in [0.717, 1.165) is 51.4 Å². The number of hydrogen-bond acceptors (Lipinski definition) is 5. The van der Waals surface area contributed by atoms with Gasteiger partial charge in [-0.05, 0) is 56.3 Å². The highest BCUT2D eigenvalue weighted by atomic mass is 16.4. The monoisotopic (exact) mass is 476 g/mol. The number of amides is 1. The molecule has 0 bridgehead atoms. The lowest BCUT2D eigenvalue weighted by molar-refractivity contribution is -0.147. The molecule has 0 spiro atoms. The number of aromatic hydroxyl groups is 1. The van der Waals surface area contributed by atoms with E-state index < -0.39 is 29.3 Å². The summed E-state index contributed by atoms with van der Waals surface area (Å²) in [6.07, 6.45) is 9.68. The molecule has 0 radical (unpaired) electrons. The Morgan fingerprint density at radius 2 is 1.50 bits per heavy atom. The molecule has 2 rings (SSSR count). The summed E-state index contributed by atoms with van der Waals surface area (Å²) in [4.78, 5) is 37.2. The topological polar surface area (TPSA) is 150 Å². The van der Waals surface area contributed by atoms with E-state index in [9.17, 15) is 29.7 Å². The van der Waals surface area contributed by atoms with E-state index in [1.54, 1.807) is 12.1 Å². The van der Waals surface area contributed by atoms with Crippen LogP contribution in [0.5, 0.6) is 5.75 Å². The van der Waals surface area contributed by atoms with Gasteiger partial charge in [-0.2, -0.15) is 0 Å². The Morgan fingerprint density at radius 1 is 0.912 bits per heavy atom. The summed E-state index contributed by atoms with van der Waals surface area (Å²) >= 11 is 0. The van der Waals surface area contributed by atoms with E-state index in [1.807, 2.05) is 0 Å². The van der Waals surface area contributed by atoms with E-state index in [2.05, 4.69) is 5.32 Å². The lowest BCUT2D eigenvalue weighted by Crippen LogP contribution is -2.49. The molecule has 8 nitrogen and oxygen atoms in total. The molecule has 1 aromatic rings. The van der Waals surface area contributed by atoms with Gasteiger partial charge >= 0.3 is 11.9 Å². The van der Waals surface area contributed by atoms with Gasteiger partial charge in [-0.15, -0.1) is 0 Å². The Morgan fingerprint density at radius 3 is 2.06 bits per heavy atom. The average molecular weight is 477 g/mol. The summed E-state index contributed by atoms with van der Waals surface area (Å²) in [6, 6.07) is 5.08. The van der Waals surface area contributed by atoms with Crippen LogP contribution in [0, 0.1) is 11.3 Å². The SMILES string of the molecule is NCCCCCCCC[C@@H](CC1(C(=O)N[C@@H](Cc2ccc(O)cc2)C(=O)O)CCCC1)C(=O)O. The second-order valence-electron chi connectivity index (χ2n) is 9.66. The van der Waals surface area contributed by atoms with Crippen LogP contribution < -0.4 is 11.1 Å². The fourth-order valence-corrected chi connectivity index (χ4v) is 4.98. The number of phenolic OH excluding ortho intramolecular Hbond substituents is 1. The minimum Gasteiger partial charge on any atom is -0.508 e. The summed E-state index contributed by atoms with van der Waals surface area (Å²) in [6.45, 7) is 0.697. The van der Waals surface area contributed by atoms with Crippen molar-refractivity contribution in [2.75, 3.05) is 6.54 Å². The van der Waals surface area contributed by atoms with Crippen molar-refractivity contribution in [3.63, 3.8) is 0 Å². The second-order valence-corrected chi connectivity index (χ2v) is 9.66. The molecule has 1 saturated carbocycles. The van der Waals surface area contributed by atoms with E-state index in [-0.39, 0.29) is 24.5 Å². The summed E-state index contributed by atoms with van der Waals surface area (Å²) in [5, 5.41) is 31.7. The lowest BCUT2D eigenvalue weighted by Gasteiger charge is -2.32. The van der Waals surface area contributed by atoms with Crippen molar-refractivity contribution in [3.05, 3.63) is 29.8 Å². The Bertz CT molecular complexity index is 789. The number of hydrogen-bond donors (Lipinski definition) is 5. The molecule has 6 N–H and O–H groups in total. The maximum Gasteiger partial charge on any atom is 0.326 e. The zero-order valence-corrected chi connectivity index (χ0v) is 20.0. The van der Waals surface area contributed by atoms with Gasteiger partial charge in [-0.3, -0.25) is 9.59 Å². The van der Waals surface area contributed by atoms with Gasteiger partial charge in [0.05, 0.1) is 11.3 Å². The van der Waals surface area contributed by atoms with Gasteiger partial charge in [0.2, 0.25) is 5.91 Å². The lowest BCUT2D eigenvalue weighted by atomic mass is 9.75. The molecular formula is C26H40N2O6. The van der Waals surface area contributed by atoms with Crippen LogP contribution >= 0.6 is 0 Å². The van der Waals surface area contributed by atoms with Gasteiger partial charge in [-0.25, -0.2) is 4.79 Å². The first-order valence-corrected chi connectivity index (χ1v) is 12.5. The smallest absolute Gasteiger partial charge is 0.326 e. The molecule has 190 valence electrons. The molecule has 1 aromatic carbocycles. The minimum absolute atomic E-state index is 0.0832. The van der Waals surface area contributed by atoms with Crippen molar-refractivity contribution in [3.8, 4) is 5.75 Å². The zero-order valence-electron chi connectivity index (χ0n) is 20.0. The fraction of sp³-hybridized carbons (Fsp3) is 0.654. The van der Waals surface area contributed by atoms with E-state index in [1.165, 1.54) is 12.1 Å². The van der Waals surface area contributed by atoms with Gasteiger partial charge in [0, 0.05) is 6.42 Å². The number of carbonyl (C=O) groups is 3. The number of nitrogens with one attached hydrogen (secondary N) is 1. The minimum atomic E-state index is -1.14. The van der Waals surface area contributed by atoms with Crippen molar-refractivity contribution in [2.24, 2.45) is 17.1 Å². The van der Waals surface area contributed by atoms with E-state index in [0.29, 0.717) is 31.4 Å². The molecule has 0 aromatic heterocycles. The maximum absolute atomic E-state index is 13.3. The normalized spacial score (nSPS) is 16.6. The van der Waals surface area contributed by atoms with Crippen molar-refractivity contribution in [2.45, 2.75) is 89.5 Å². The van der Waals surface area contributed by atoms with Gasteiger partial charge < -0.3 is 26.4 Å². The van der Waals surface area contributed by atoms with Crippen LogP contribution in [0.4, 0.5) is 0 Å². The van der Waals surface area contributed by atoms with Crippen molar-refractivity contribution < 1.29 is 29.7 Å². The first kappa shape index (κ1) is 27.6. The molecule has 2 atom stereocenters. The molecule has 1 fully saturated rings. The number of phenols is 1. The fourth-order valence-electron chi connectivity index (χ4n) is 4.98.